The maximum Gasteiger partial charge on any atom is 0.123 e. The lowest BCUT2D eigenvalue weighted by Gasteiger charge is -2.55. The quantitative estimate of drug-likeness (QED) is 0.924. The van der Waals surface area contributed by atoms with Gasteiger partial charge in [0.05, 0.1) is 5.60 Å². The largest absolute Gasteiger partial charge is 0.389 e. The van der Waals surface area contributed by atoms with Gasteiger partial charge in [0.25, 0.3) is 0 Å². The minimum Gasteiger partial charge on any atom is -0.389 e. The number of aryl methyl sites for hydroxylation is 1. The molecule has 21 heavy (non-hydrogen) atoms. The van der Waals surface area contributed by atoms with Crippen molar-refractivity contribution in [3.63, 3.8) is 0 Å². The Balaban J connectivity index is 2.09. The van der Waals surface area contributed by atoms with Crippen molar-refractivity contribution in [2.45, 2.75) is 56.0 Å². The Morgan fingerprint density at radius 1 is 1.19 bits per heavy atom. The predicted octanol–water partition coefficient (Wildman–Crippen LogP) is 3.27. The Bertz CT molecular complexity index is 530. The van der Waals surface area contributed by atoms with Gasteiger partial charge < -0.3 is 10.0 Å². The van der Waals surface area contributed by atoms with E-state index in [1.54, 1.807) is 12.1 Å². The molecule has 3 heteroatoms. The molecule has 116 valence electrons. The number of nitrogens with zero attached hydrogens (tertiary/aromatic N) is 1. The zero-order valence-corrected chi connectivity index (χ0v) is 13.2. The third kappa shape index (κ3) is 2.40. The van der Waals surface area contributed by atoms with Crippen LogP contribution < -0.4 is 0 Å². The molecule has 0 aromatic heterocycles. The fourth-order valence-electron chi connectivity index (χ4n) is 4.53. The maximum atomic E-state index is 13.9. The first-order valence-electron chi connectivity index (χ1n) is 8.13. The van der Waals surface area contributed by atoms with E-state index in [1.165, 1.54) is 5.56 Å². The third-order valence-electron chi connectivity index (χ3n) is 5.72. The standard InChI is InChI=1S/C18H26FNO/c1-20(2)12-11-17-8-3-4-9-18(17,21)10-7-14-5-6-15(19)13-16(14)17/h5-6,13,21H,3-4,7-12H2,1-2H3/t17-,18+/m1/s1. The predicted molar refractivity (Wildman–Crippen MR) is 83.0 cm³/mol. The third-order valence-corrected chi connectivity index (χ3v) is 5.72. The van der Waals surface area contributed by atoms with Crippen molar-refractivity contribution in [3.05, 3.63) is 35.1 Å². The highest BCUT2D eigenvalue weighted by Gasteiger charge is 2.54. The molecule has 2 atom stereocenters. The molecule has 0 saturated heterocycles. The van der Waals surface area contributed by atoms with Gasteiger partial charge in [-0.25, -0.2) is 4.39 Å². The van der Waals surface area contributed by atoms with Crippen LogP contribution in [0.25, 0.3) is 0 Å². The zero-order valence-electron chi connectivity index (χ0n) is 13.2. The number of aliphatic hydroxyl groups is 1. The van der Waals surface area contributed by atoms with Gasteiger partial charge in [0.1, 0.15) is 5.82 Å². The Morgan fingerprint density at radius 2 is 1.95 bits per heavy atom. The molecule has 0 heterocycles. The van der Waals surface area contributed by atoms with Crippen LogP contribution in [-0.4, -0.2) is 36.2 Å². The van der Waals surface area contributed by atoms with E-state index in [2.05, 4.69) is 19.0 Å². The van der Waals surface area contributed by atoms with Gasteiger partial charge in [0, 0.05) is 5.41 Å². The Morgan fingerprint density at radius 3 is 2.71 bits per heavy atom. The summed E-state index contributed by atoms with van der Waals surface area (Å²) in [6.45, 7) is 0.929. The molecule has 2 nitrogen and oxygen atoms in total. The summed E-state index contributed by atoms with van der Waals surface area (Å²) in [5.41, 5.74) is 1.41. The van der Waals surface area contributed by atoms with Gasteiger partial charge in [-0.05, 0) is 76.0 Å². The highest BCUT2D eigenvalue weighted by molar-refractivity contribution is 5.42. The van der Waals surface area contributed by atoms with Crippen LogP contribution in [0.3, 0.4) is 0 Å². The van der Waals surface area contributed by atoms with Gasteiger partial charge in [0.2, 0.25) is 0 Å². The molecular formula is C18H26FNO. The highest BCUT2D eigenvalue weighted by Crippen LogP contribution is 2.54. The summed E-state index contributed by atoms with van der Waals surface area (Å²) in [7, 11) is 4.13. The summed E-state index contributed by atoms with van der Waals surface area (Å²) >= 11 is 0. The van der Waals surface area contributed by atoms with Gasteiger partial charge >= 0.3 is 0 Å². The molecule has 0 amide bonds. The molecule has 1 saturated carbocycles. The van der Waals surface area contributed by atoms with E-state index in [9.17, 15) is 9.50 Å². The number of fused-ring (bicyclic) bond motifs is 3. The summed E-state index contributed by atoms with van der Waals surface area (Å²) in [4.78, 5) is 2.16. The van der Waals surface area contributed by atoms with Crippen LogP contribution in [0.4, 0.5) is 4.39 Å². The number of hydrogen-bond donors (Lipinski definition) is 1. The van der Waals surface area contributed by atoms with E-state index in [0.717, 1.165) is 57.1 Å². The van der Waals surface area contributed by atoms with E-state index in [0.29, 0.717) is 0 Å². The van der Waals surface area contributed by atoms with Crippen LogP contribution in [0.5, 0.6) is 0 Å². The molecular weight excluding hydrogens is 265 g/mol. The smallest absolute Gasteiger partial charge is 0.123 e. The van der Waals surface area contributed by atoms with Gasteiger partial charge in [-0.15, -0.1) is 0 Å². The van der Waals surface area contributed by atoms with E-state index in [-0.39, 0.29) is 11.2 Å². The lowest BCUT2D eigenvalue weighted by molar-refractivity contribution is -0.0888. The maximum absolute atomic E-state index is 13.9. The van der Waals surface area contributed by atoms with E-state index in [4.69, 9.17) is 0 Å². The van der Waals surface area contributed by atoms with Crippen LogP contribution in [0.2, 0.25) is 0 Å². The summed E-state index contributed by atoms with van der Waals surface area (Å²) in [6, 6.07) is 5.18. The van der Waals surface area contributed by atoms with E-state index in [1.807, 2.05) is 6.07 Å². The van der Waals surface area contributed by atoms with Crippen LogP contribution in [0.15, 0.2) is 18.2 Å². The Labute approximate surface area is 127 Å². The summed E-state index contributed by atoms with van der Waals surface area (Å²) in [5, 5.41) is 11.4. The number of rotatable bonds is 3. The van der Waals surface area contributed by atoms with Gasteiger partial charge in [0.15, 0.2) is 0 Å². The number of halogens is 1. The van der Waals surface area contributed by atoms with Gasteiger partial charge in [-0.2, -0.15) is 0 Å². The topological polar surface area (TPSA) is 23.5 Å². The monoisotopic (exact) mass is 291 g/mol. The summed E-state index contributed by atoms with van der Waals surface area (Å²) in [5.74, 6) is -0.173. The van der Waals surface area contributed by atoms with Crippen LogP contribution in [-0.2, 0) is 11.8 Å². The molecule has 0 unspecified atom stereocenters. The van der Waals surface area contributed by atoms with Crippen molar-refractivity contribution in [2.24, 2.45) is 0 Å². The molecule has 0 bridgehead atoms. The van der Waals surface area contributed by atoms with E-state index < -0.39 is 5.60 Å². The minimum atomic E-state index is -0.651. The van der Waals surface area contributed by atoms with Crippen molar-refractivity contribution in [1.29, 1.82) is 0 Å². The first-order valence-corrected chi connectivity index (χ1v) is 8.13. The van der Waals surface area contributed by atoms with Crippen LogP contribution >= 0.6 is 0 Å². The van der Waals surface area contributed by atoms with Gasteiger partial charge in [-0.1, -0.05) is 18.9 Å². The van der Waals surface area contributed by atoms with Crippen molar-refractivity contribution in [1.82, 2.24) is 4.90 Å². The summed E-state index contributed by atoms with van der Waals surface area (Å²) < 4.78 is 13.9. The molecule has 2 aliphatic rings. The minimum absolute atomic E-state index is 0.173. The van der Waals surface area contributed by atoms with Crippen molar-refractivity contribution >= 4 is 0 Å². The molecule has 2 aliphatic carbocycles. The average Bonchev–Trinajstić information content (AvgIpc) is 2.45. The molecule has 1 N–H and O–H groups in total. The molecule has 1 fully saturated rings. The lowest BCUT2D eigenvalue weighted by Crippen LogP contribution is -2.57. The molecule has 3 rings (SSSR count). The lowest BCUT2D eigenvalue weighted by atomic mass is 9.53. The molecule has 1 aromatic carbocycles. The second-order valence-corrected chi connectivity index (χ2v) is 7.18. The highest BCUT2D eigenvalue weighted by atomic mass is 19.1. The number of benzene rings is 1. The first kappa shape index (κ1) is 15.0. The zero-order chi connectivity index (χ0) is 15.1. The molecule has 0 aliphatic heterocycles. The summed E-state index contributed by atoms with van der Waals surface area (Å²) in [6.07, 6.45) is 6.66. The van der Waals surface area contributed by atoms with Crippen molar-refractivity contribution < 1.29 is 9.50 Å². The second-order valence-electron chi connectivity index (χ2n) is 7.18. The first-order chi connectivity index (χ1) is 9.97. The van der Waals surface area contributed by atoms with Crippen LogP contribution in [0.1, 0.15) is 49.7 Å². The van der Waals surface area contributed by atoms with Crippen molar-refractivity contribution in [2.75, 3.05) is 20.6 Å². The fourth-order valence-corrected chi connectivity index (χ4v) is 4.53. The van der Waals surface area contributed by atoms with E-state index >= 15 is 0 Å². The second kappa shape index (κ2) is 5.36. The van der Waals surface area contributed by atoms with Crippen molar-refractivity contribution in [3.8, 4) is 0 Å². The van der Waals surface area contributed by atoms with Gasteiger partial charge in [-0.3, -0.25) is 0 Å². The molecule has 0 spiro atoms. The average molecular weight is 291 g/mol. The molecule has 1 aromatic rings. The van der Waals surface area contributed by atoms with Crippen LogP contribution in [0, 0.1) is 5.82 Å². The number of hydrogen-bond acceptors (Lipinski definition) is 2. The normalized spacial score (nSPS) is 31.9. The fraction of sp³-hybridized carbons (Fsp3) is 0.667. The Hall–Kier alpha value is -0.930. The Kier molecular flexibility index (Phi) is 3.83. The molecule has 0 radical (unpaired) electrons. The SMILES string of the molecule is CN(C)CC[C@@]12CCCC[C@]1(O)CCc1ccc(F)cc12.